The highest BCUT2D eigenvalue weighted by Crippen LogP contribution is 2.57. The molecule has 0 radical (unpaired) electrons. The number of hydrogen-bond donors (Lipinski definition) is 0. The van der Waals surface area contributed by atoms with Crippen molar-refractivity contribution in [3.8, 4) is 11.5 Å². The van der Waals surface area contributed by atoms with Gasteiger partial charge in [-0.05, 0) is 50.6 Å². The fraction of sp³-hybridized carbons (Fsp3) is 0.267. The Balaban J connectivity index is 1.86. The Morgan fingerprint density at radius 3 is 2.10 bits per heavy atom. The first kappa shape index (κ1) is 30.4. The van der Waals surface area contributed by atoms with Crippen LogP contribution in [-0.2, 0) is 23.9 Å². The van der Waals surface area contributed by atoms with Gasteiger partial charge in [0.05, 0.1) is 48.3 Å². The van der Waals surface area contributed by atoms with Crippen LogP contribution < -0.4 is 14.4 Å². The Morgan fingerprint density at radius 2 is 1.56 bits per heavy atom. The van der Waals surface area contributed by atoms with Gasteiger partial charge in [-0.1, -0.05) is 60.0 Å². The van der Waals surface area contributed by atoms with E-state index < -0.39 is 17.5 Å². The van der Waals surface area contributed by atoms with Crippen LogP contribution in [0.25, 0.3) is 11.6 Å². The van der Waals surface area contributed by atoms with Crippen molar-refractivity contribution in [1.82, 2.24) is 0 Å². The Kier molecular flexibility index (Phi) is 9.31. The Bertz CT molecular complexity index is 1480. The molecule has 4 rings (SSSR count). The first-order valence-electron chi connectivity index (χ1n) is 12.6. The van der Waals surface area contributed by atoms with Crippen LogP contribution in [0.4, 0.5) is 5.69 Å². The van der Waals surface area contributed by atoms with Gasteiger partial charge >= 0.3 is 11.9 Å². The summed E-state index contributed by atoms with van der Waals surface area (Å²) in [6, 6.07) is 12.8. The lowest BCUT2D eigenvalue weighted by Crippen LogP contribution is -2.55. The lowest BCUT2D eigenvalue weighted by atomic mass is 9.83. The van der Waals surface area contributed by atoms with Crippen molar-refractivity contribution in [3.05, 3.63) is 73.7 Å². The quantitative estimate of drug-likeness (QED) is 0.211. The summed E-state index contributed by atoms with van der Waals surface area (Å²) in [5.41, 5.74) is 1.68. The Hall–Kier alpha value is -3.54. The molecule has 2 aromatic rings. The summed E-state index contributed by atoms with van der Waals surface area (Å²) in [5.74, 6) is -0.366. The molecule has 214 valence electrons. The molecule has 0 saturated heterocycles. The zero-order valence-electron chi connectivity index (χ0n) is 23.4. The number of methoxy groups -OCH3 is 3. The summed E-state index contributed by atoms with van der Waals surface area (Å²) in [7, 11) is 4.10. The van der Waals surface area contributed by atoms with E-state index in [9.17, 15) is 14.4 Å². The number of carbonyl (C=O) groups is 3. The van der Waals surface area contributed by atoms with Crippen molar-refractivity contribution < 1.29 is 33.3 Å². The molecule has 41 heavy (non-hydrogen) atoms. The molecule has 0 spiro atoms. The van der Waals surface area contributed by atoms with Gasteiger partial charge in [0.2, 0.25) is 0 Å². The molecule has 0 N–H and O–H groups in total. The van der Waals surface area contributed by atoms with Gasteiger partial charge in [0.25, 0.3) is 5.91 Å². The highest BCUT2D eigenvalue weighted by atomic mass is 32.2. The number of esters is 2. The molecule has 0 saturated carbocycles. The summed E-state index contributed by atoms with van der Waals surface area (Å²) in [5, 5.41) is 0. The van der Waals surface area contributed by atoms with Crippen molar-refractivity contribution in [2.75, 3.05) is 32.8 Å². The van der Waals surface area contributed by atoms with Gasteiger partial charge in [0.1, 0.15) is 21.3 Å². The second kappa shape index (κ2) is 12.5. The number of thiocarbonyl (C=S) groups is 1. The number of benzene rings is 2. The van der Waals surface area contributed by atoms with Gasteiger partial charge < -0.3 is 18.9 Å². The van der Waals surface area contributed by atoms with Crippen molar-refractivity contribution >= 4 is 75.8 Å². The molecule has 0 aliphatic carbocycles. The number of hydrogen-bond acceptors (Lipinski definition) is 10. The lowest BCUT2D eigenvalue weighted by molar-refractivity contribution is -0.138. The highest BCUT2D eigenvalue weighted by molar-refractivity contribution is 8.29. The molecule has 2 heterocycles. The molecule has 0 unspecified atom stereocenters. The van der Waals surface area contributed by atoms with Gasteiger partial charge in [0, 0.05) is 17.2 Å². The van der Waals surface area contributed by atoms with E-state index in [1.54, 1.807) is 24.2 Å². The van der Waals surface area contributed by atoms with Gasteiger partial charge in [-0.2, -0.15) is 0 Å². The number of rotatable bonds is 7. The summed E-state index contributed by atoms with van der Waals surface area (Å²) in [6.45, 7) is 5.97. The molecule has 1 amide bonds. The van der Waals surface area contributed by atoms with Crippen molar-refractivity contribution in [3.63, 3.8) is 0 Å². The van der Waals surface area contributed by atoms with E-state index in [1.807, 2.05) is 57.2 Å². The van der Waals surface area contributed by atoms with Crippen LogP contribution in [0.5, 0.6) is 11.5 Å². The van der Waals surface area contributed by atoms with Gasteiger partial charge in [-0.3, -0.25) is 9.69 Å². The number of amides is 1. The second-order valence-electron chi connectivity index (χ2n) is 9.26. The van der Waals surface area contributed by atoms with E-state index in [0.717, 1.165) is 34.8 Å². The minimum absolute atomic E-state index is 0.121. The van der Waals surface area contributed by atoms with E-state index >= 15 is 0 Å². The molecular weight excluding hydrogens is 583 g/mol. The summed E-state index contributed by atoms with van der Waals surface area (Å²) in [6.07, 6.45) is 3.23. The summed E-state index contributed by atoms with van der Waals surface area (Å²) >= 11 is 8.24. The van der Waals surface area contributed by atoms with Gasteiger partial charge in [-0.15, -0.1) is 0 Å². The maximum absolute atomic E-state index is 13.9. The monoisotopic (exact) mass is 611 g/mol. The van der Waals surface area contributed by atoms with Crippen molar-refractivity contribution in [2.45, 2.75) is 26.3 Å². The van der Waals surface area contributed by atoms with Gasteiger partial charge in [-0.25, -0.2) is 9.59 Å². The zero-order valence-corrected chi connectivity index (χ0v) is 25.9. The van der Waals surface area contributed by atoms with E-state index in [4.69, 9.17) is 31.2 Å². The second-order valence-corrected chi connectivity index (χ2v) is 12.0. The average molecular weight is 612 g/mol. The predicted molar refractivity (Wildman–Crippen MR) is 167 cm³/mol. The third-order valence-electron chi connectivity index (χ3n) is 6.43. The summed E-state index contributed by atoms with van der Waals surface area (Å²) < 4.78 is 21.7. The number of anilines is 1. The zero-order chi connectivity index (χ0) is 29.9. The lowest BCUT2D eigenvalue weighted by Gasteiger charge is -2.45. The van der Waals surface area contributed by atoms with Crippen LogP contribution >= 0.6 is 35.7 Å². The van der Waals surface area contributed by atoms with Crippen LogP contribution in [0.1, 0.15) is 31.9 Å². The maximum Gasteiger partial charge on any atom is 0.346 e. The SMILES string of the molecule is CCOc1cccc2c1N(C(=O)C=Cc1ccc(OC)cc1)C(C)(C)C(=S)C2=C1SC(C(=O)OC)=C(C(=O)OC)S1. The first-order valence-corrected chi connectivity index (χ1v) is 14.6. The molecule has 0 fully saturated rings. The van der Waals surface area contributed by atoms with E-state index in [2.05, 4.69) is 0 Å². The van der Waals surface area contributed by atoms with Crippen LogP contribution in [0.15, 0.2) is 62.6 Å². The fourth-order valence-electron chi connectivity index (χ4n) is 4.44. The Morgan fingerprint density at radius 1 is 0.951 bits per heavy atom. The maximum atomic E-state index is 13.9. The number of para-hydroxylation sites is 1. The first-order chi connectivity index (χ1) is 19.6. The number of ether oxygens (including phenoxy) is 4. The molecule has 2 aliphatic rings. The third kappa shape index (κ3) is 5.79. The normalized spacial score (nSPS) is 16.1. The molecule has 11 heteroatoms. The molecule has 2 aliphatic heterocycles. The molecular formula is C30H29NO7S3. The van der Waals surface area contributed by atoms with Crippen molar-refractivity contribution in [1.29, 1.82) is 0 Å². The smallest absolute Gasteiger partial charge is 0.346 e. The minimum Gasteiger partial charge on any atom is -0.497 e. The van der Waals surface area contributed by atoms with Crippen molar-refractivity contribution in [2.24, 2.45) is 0 Å². The molecule has 2 aromatic carbocycles. The number of nitrogens with zero attached hydrogens (tertiary/aromatic N) is 1. The van der Waals surface area contributed by atoms with Crippen LogP contribution in [-0.4, -0.2) is 56.2 Å². The highest BCUT2D eigenvalue weighted by Gasteiger charge is 2.47. The topological polar surface area (TPSA) is 91.4 Å². The van der Waals surface area contributed by atoms with Crippen LogP contribution in [0, 0.1) is 0 Å². The number of fused-ring (bicyclic) bond motifs is 1. The standard InChI is InChI=1S/C30H29NO7S3/c1-7-38-20-10-8-9-19-22(29-40-24(27(33)36-5)25(41-29)28(34)37-6)26(39)30(2,3)31(23(19)20)21(32)16-13-17-11-14-18(35-4)15-12-17/h8-16H,7H2,1-6H3. The molecule has 8 nitrogen and oxygen atoms in total. The van der Waals surface area contributed by atoms with E-state index in [0.29, 0.717) is 38.3 Å². The summed E-state index contributed by atoms with van der Waals surface area (Å²) in [4.78, 5) is 41.4. The molecule has 0 bridgehead atoms. The van der Waals surface area contributed by atoms with Crippen LogP contribution in [0.3, 0.4) is 0 Å². The molecule has 0 atom stereocenters. The minimum atomic E-state index is -0.986. The van der Waals surface area contributed by atoms with Crippen LogP contribution in [0.2, 0.25) is 0 Å². The average Bonchev–Trinajstić information content (AvgIpc) is 3.41. The number of carbonyl (C=O) groups excluding carboxylic acids is 3. The van der Waals surface area contributed by atoms with E-state index in [-0.39, 0.29) is 15.7 Å². The Labute approximate surface area is 252 Å². The fourth-order valence-corrected chi connectivity index (χ4v) is 7.47. The third-order valence-corrected chi connectivity index (χ3v) is 9.69. The van der Waals surface area contributed by atoms with Gasteiger partial charge in [0.15, 0.2) is 0 Å². The van der Waals surface area contributed by atoms with E-state index in [1.165, 1.54) is 20.3 Å². The molecule has 0 aromatic heterocycles. The number of thioether (sulfide) groups is 2. The largest absolute Gasteiger partial charge is 0.497 e. The predicted octanol–water partition coefficient (Wildman–Crippen LogP) is 6.01.